The predicted molar refractivity (Wildman–Crippen MR) is 152 cm³/mol. The van der Waals surface area contributed by atoms with Crippen molar-refractivity contribution in [2.75, 3.05) is 19.0 Å². The van der Waals surface area contributed by atoms with Crippen LogP contribution in [0.15, 0.2) is 30.5 Å². The number of anilines is 2. The quantitative estimate of drug-likeness (QED) is 0.475. The Labute approximate surface area is 236 Å². The van der Waals surface area contributed by atoms with E-state index < -0.39 is 17.7 Å². The van der Waals surface area contributed by atoms with Crippen molar-refractivity contribution in [3.8, 4) is 23.8 Å². The molecule has 0 unspecified atom stereocenters. The van der Waals surface area contributed by atoms with Crippen LogP contribution in [0.1, 0.15) is 71.4 Å². The van der Waals surface area contributed by atoms with E-state index in [0.717, 1.165) is 24.9 Å². The van der Waals surface area contributed by atoms with E-state index in [9.17, 15) is 9.59 Å². The molecular formula is C30H38N6O4. The second-order valence-electron chi connectivity index (χ2n) is 10.8. The maximum Gasteiger partial charge on any atom is 0.410 e. The Morgan fingerprint density at radius 3 is 2.60 bits per heavy atom. The Kier molecular flexibility index (Phi) is 10.3. The lowest BCUT2D eigenvalue weighted by atomic mass is 9.86. The van der Waals surface area contributed by atoms with Crippen LogP contribution in [-0.4, -0.2) is 58.2 Å². The topological polar surface area (TPSA) is 129 Å². The molecule has 10 heteroatoms. The summed E-state index contributed by atoms with van der Waals surface area (Å²) in [6.07, 6.45) is 4.53. The molecule has 1 saturated carbocycles. The van der Waals surface area contributed by atoms with Gasteiger partial charge in [-0.05, 0) is 78.1 Å². The number of aromatic nitrogens is 2. The highest BCUT2D eigenvalue weighted by molar-refractivity contribution is 5.85. The molecule has 1 aliphatic rings. The molecule has 212 valence electrons. The van der Waals surface area contributed by atoms with E-state index in [-0.39, 0.29) is 17.9 Å². The normalized spacial score (nSPS) is 17.3. The first kappa shape index (κ1) is 30.2. The summed E-state index contributed by atoms with van der Waals surface area (Å²) in [5, 5.41) is 15.2. The van der Waals surface area contributed by atoms with Crippen LogP contribution < -0.4 is 15.4 Å². The third-order valence-corrected chi connectivity index (χ3v) is 6.38. The van der Waals surface area contributed by atoms with Crippen molar-refractivity contribution in [3.05, 3.63) is 41.6 Å². The molecule has 0 bridgehead atoms. The van der Waals surface area contributed by atoms with E-state index in [1.165, 1.54) is 4.90 Å². The summed E-state index contributed by atoms with van der Waals surface area (Å²) in [6.45, 7) is 9.36. The summed E-state index contributed by atoms with van der Waals surface area (Å²) >= 11 is 0. The molecule has 3 atom stereocenters. The Morgan fingerprint density at radius 1 is 1.23 bits per heavy atom. The fourth-order valence-corrected chi connectivity index (χ4v) is 4.14. The smallest absolute Gasteiger partial charge is 0.410 e. The first-order valence-electron chi connectivity index (χ1n) is 13.5. The van der Waals surface area contributed by atoms with Crippen LogP contribution in [-0.2, 0) is 9.53 Å². The van der Waals surface area contributed by atoms with E-state index >= 15 is 0 Å². The fourth-order valence-electron chi connectivity index (χ4n) is 4.14. The van der Waals surface area contributed by atoms with Gasteiger partial charge in [-0.2, -0.15) is 10.2 Å². The summed E-state index contributed by atoms with van der Waals surface area (Å²) in [7, 11) is 1.57. The first-order valence-corrected chi connectivity index (χ1v) is 13.5. The number of nitrogens with zero attached hydrogens (tertiary/aromatic N) is 4. The van der Waals surface area contributed by atoms with Gasteiger partial charge in [-0.1, -0.05) is 18.3 Å². The molecular weight excluding hydrogens is 508 g/mol. The standard InChI is InChI=1S/C30H38N6O4/c1-7-39-27-23(19-32-28(35-27)34-24-15-12-22(18-31)13-16-24)14-11-21-9-8-10-25(17-21)33-26(37)20(2)36(6)29(38)40-30(3,4)5/h12-13,15-16,19-21,25H,7-10,17H2,1-6H3,(H,33,37)(H,32,34,35)/t20-,21-,25-/m0/s1. The SMILES string of the molecule is CCOc1nc(Nc2ccc(C#N)cc2)ncc1C#C[C@@H]1CCC[C@H](NC(=O)[C@H](C)N(C)C(=O)OC(C)(C)C)C1. The molecule has 0 radical (unpaired) electrons. The van der Waals surface area contributed by atoms with Gasteiger partial charge in [-0.25, -0.2) is 9.78 Å². The summed E-state index contributed by atoms with van der Waals surface area (Å²) in [6, 6.07) is 8.39. The van der Waals surface area contributed by atoms with Gasteiger partial charge < -0.3 is 20.1 Å². The maximum absolute atomic E-state index is 12.9. The minimum atomic E-state index is -0.663. The van der Waals surface area contributed by atoms with E-state index in [1.54, 1.807) is 65.2 Å². The first-order chi connectivity index (χ1) is 19.0. The lowest BCUT2D eigenvalue weighted by molar-refractivity contribution is -0.126. The molecule has 0 aliphatic heterocycles. The van der Waals surface area contributed by atoms with Crippen molar-refractivity contribution in [1.82, 2.24) is 20.2 Å². The molecule has 1 heterocycles. The molecule has 2 amide bonds. The zero-order chi connectivity index (χ0) is 29.3. The van der Waals surface area contributed by atoms with Gasteiger partial charge in [0, 0.05) is 24.7 Å². The van der Waals surface area contributed by atoms with Gasteiger partial charge >= 0.3 is 6.09 Å². The van der Waals surface area contributed by atoms with Crippen molar-refractivity contribution >= 4 is 23.6 Å². The van der Waals surface area contributed by atoms with Gasteiger partial charge in [-0.15, -0.1) is 0 Å². The zero-order valence-corrected chi connectivity index (χ0v) is 24.1. The summed E-state index contributed by atoms with van der Waals surface area (Å²) in [5.74, 6) is 7.12. The van der Waals surface area contributed by atoms with Gasteiger partial charge in [0.05, 0.1) is 24.4 Å². The minimum Gasteiger partial charge on any atom is -0.477 e. The fraction of sp³-hybridized carbons (Fsp3) is 0.500. The van der Waals surface area contributed by atoms with Crippen LogP contribution in [0.4, 0.5) is 16.4 Å². The largest absolute Gasteiger partial charge is 0.477 e. The Hall–Kier alpha value is -4.31. The van der Waals surface area contributed by atoms with Crippen molar-refractivity contribution in [3.63, 3.8) is 0 Å². The van der Waals surface area contributed by atoms with Crippen LogP contribution >= 0.6 is 0 Å². The third kappa shape index (κ3) is 8.88. The molecule has 1 fully saturated rings. The number of benzene rings is 1. The maximum atomic E-state index is 12.9. The molecule has 3 rings (SSSR count). The number of nitriles is 1. The highest BCUT2D eigenvalue weighted by Gasteiger charge is 2.29. The number of carbonyl (C=O) groups excluding carboxylic acids is 2. The molecule has 2 N–H and O–H groups in total. The van der Waals surface area contributed by atoms with Crippen molar-refractivity contribution < 1.29 is 19.1 Å². The van der Waals surface area contributed by atoms with Crippen LogP contribution in [0, 0.1) is 29.1 Å². The van der Waals surface area contributed by atoms with Crippen LogP contribution in [0.25, 0.3) is 0 Å². The van der Waals surface area contributed by atoms with Gasteiger partial charge in [0.1, 0.15) is 17.2 Å². The molecule has 1 aromatic carbocycles. The monoisotopic (exact) mass is 546 g/mol. The van der Waals surface area contributed by atoms with Crippen molar-refractivity contribution in [2.45, 2.75) is 78.0 Å². The minimum absolute atomic E-state index is 0.0309. The average Bonchev–Trinajstić information content (AvgIpc) is 2.91. The molecule has 0 saturated heterocycles. The summed E-state index contributed by atoms with van der Waals surface area (Å²) < 4.78 is 11.1. The van der Waals surface area contributed by atoms with Gasteiger partial charge in [0.25, 0.3) is 0 Å². The number of likely N-dealkylation sites (N-methyl/N-ethyl adjacent to an activating group) is 1. The number of carbonyl (C=O) groups is 2. The lowest BCUT2D eigenvalue weighted by Gasteiger charge is -2.31. The van der Waals surface area contributed by atoms with E-state index in [4.69, 9.17) is 14.7 Å². The molecule has 0 spiro atoms. The van der Waals surface area contributed by atoms with Gasteiger partial charge in [0.15, 0.2) is 0 Å². The van der Waals surface area contributed by atoms with Crippen molar-refractivity contribution in [2.24, 2.45) is 5.92 Å². The predicted octanol–water partition coefficient (Wildman–Crippen LogP) is 4.77. The van der Waals surface area contributed by atoms with E-state index in [0.29, 0.717) is 36.0 Å². The third-order valence-electron chi connectivity index (χ3n) is 6.38. The number of hydrogen-bond donors (Lipinski definition) is 2. The summed E-state index contributed by atoms with van der Waals surface area (Å²) in [5.41, 5.74) is 1.28. The molecule has 10 nitrogen and oxygen atoms in total. The number of nitrogens with one attached hydrogen (secondary N) is 2. The van der Waals surface area contributed by atoms with Crippen LogP contribution in [0.5, 0.6) is 5.88 Å². The lowest BCUT2D eigenvalue weighted by Crippen LogP contribution is -2.50. The van der Waals surface area contributed by atoms with Gasteiger partial charge in [0.2, 0.25) is 17.7 Å². The van der Waals surface area contributed by atoms with Crippen molar-refractivity contribution in [1.29, 1.82) is 5.26 Å². The number of hydrogen-bond acceptors (Lipinski definition) is 8. The van der Waals surface area contributed by atoms with E-state index in [2.05, 4.69) is 38.5 Å². The van der Waals surface area contributed by atoms with Crippen LogP contribution in [0.2, 0.25) is 0 Å². The molecule has 40 heavy (non-hydrogen) atoms. The number of rotatable bonds is 7. The second-order valence-corrected chi connectivity index (χ2v) is 10.8. The Morgan fingerprint density at radius 2 is 1.95 bits per heavy atom. The Balaban J connectivity index is 1.63. The highest BCUT2D eigenvalue weighted by Crippen LogP contribution is 2.25. The summed E-state index contributed by atoms with van der Waals surface area (Å²) in [4.78, 5) is 35.4. The molecule has 1 aromatic heterocycles. The average molecular weight is 547 g/mol. The molecule has 2 aromatic rings. The highest BCUT2D eigenvalue weighted by atomic mass is 16.6. The van der Waals surface area contributed by atoms with E-state index in [1.807, 2.05) is 6.92 Å². The number of ether oxygens (including phenoxy) is 2. The second kappa shape index (κ2) is 13.7. The zero-order valence-electron chi connectivity index (χ0n) is 24.1. The molecule has 1 aliphatic carbocycles. The van der Waals surface area contributed by atoms with Gasteiger partial charge in [-0.3, -0.25) is 9.69 Å². The number of amides is 2. The van der Waals surface area contributed by atoms with Crippen LogP contribution in [0.3, 0.4) is 0 Å². The Bertz CT molecular complexity index is 1290.